The third kappa shape index (κ3) is 4.47. The minimum absolute atomic E-state index is 0.133. The molecule has 2 rings (SSSR count). The highest BCUT2D eigenvalue weighted by Crippen LogP contribution is 2.24. The van der Waals surface area contributed by atoms with Gasteiger partial charge in [0.05, 0.1) is 0 Å². The molecule has 2 aromatic carbocycles. The third-order valence-electron chi connectivity index (χ3n) is 2.87. The van der Waals surface area contributed by atoms with E-state index in [0.717, 1.165) is 20.6 Å². The lowest BCUT2D eigenvalue weighted by molar-refractivity contribution is 0.102. The summed E-state index contributed by atoms with van der Waals surface area (Å²) in [6.07, 6.45) is 1.72. The maximum absolute atomic E-state index is 12.4. The fraction of sp³-hybridized carbons (Fsp3) is 0.118. The lowest BCUT2D eigenvalue weighted by Crippen LogP contribution is -2.13. The molecule has 1 amide bonds. The van der Waals surface area contributed by atoms with Crippen molar-refractivity contribution in [1.82, 2.24) is 4.31 Å². The lowest BCUT2D eigenvalue weighted by atomic mass is 10.1. The predicted octanol–water partition coefficient (Wildman–Crippen LogP) is 4.91. The van der Waals surface area contributed by atoms with E-state index in [9.17, 15) is 4.79 Å². The van der Waals surface area contributed by atoms with Crippen LogP contribution in [0.3, 0.4) is 0 Å². The second-order valence-corrected chi connectivity index (χ2v) is 7.12. The van der Waals surface area contributed by atoms with Crippen LogP contribution in [-0.2, 0) is 0 Å². The Hall–Kier alpha value is -1.56. The van der Waals surface area contributed by atoms with Gasteiger partial charge in [0.1, 0.15) is 0 Å². The van der Waals surface area contributed by atoms with Gasteiger partial charge < -0.3 is 5.32 Å². The standard InChI is InChI=1S/C17H17BrN2OS/c1-4-12-10-14(18)8-9-16(12)19-17(21)13-6-5-7-15(11-13)22-20(2)3/h4-11H,1H2,2-3H3,(H,19,21). The zero-order valence-corrected chi connectivity index (χ0v) is 14.9. The van der Waals surface area contributed by atoms with Crippen molar-refractivity contribution in [3.8, 4) is 0 Å². The maximum Gasteiger partial charge on any atom is 0.255 e. The van der Waals surface area contributed by atoms with E-state index in [2.05, 4.69) is 27.8 Å². The SMILES string of the molecule is C=Cc1cc(Br)ccc1NC(=O)c1cccc(SN(C)C)c1. The maximum atomic E-state index is 12.4. The van der Waals surface area contributed by atoms with Crippen LogP contribution in [0, 0.1) is 0 Å². The van der Waals surface area contributed by atoms with E-state index in [1.165, 1.54) is 0 Å². The number of carbonyl (C=O) groups excluding carboxylic acids is 1. The molecule has 0 aliphatic carbocycles. The number of hydrogen-bond donors (Lipinski definition) is 1. The summed E-state index contributed by atoms with van der Waals surface area (Å²) in [7, 11) is 3.94. The number of anilines is 1. The molecule has 0 radical (unpaired) electrons. The summed E-state index contributed by atoms with van der Waals surface area (Å²) in [5, 5.41) is 2.93. The quantitative estimate of drug-likeness (QED) is 0.752. The molecule has 22 heavy (non-hydrogen) atoms. The topological polar surface area (TPSA) is 32.3 Å². The van der Waals surface area contributed by atoms with Crippen LogP contribution < -0.4 is 5.32 Å². The molecular formula is C17H17BrN2OS. The van der Waals surface area contributed by atoms with Crippen LogP contribution in [0.4, 0.5) is 5.69 Å². The van der Waals surface area contributed by atoms with Gasteiger partial charge in [0.2, 0.25) is 0 Å². The van der Waals surface area contributed by atoms with Crippen LogP contribution in [-0.4, -0.2) is 24.3 Å². The van der Waals surface area contributed by atoms with Crippen LogP contribution in [0.1, 0.15) is 15.9 Å². The van der Waals surface area contributed by atoms with Gasteiger partial charge in [0.25, 0.3) is 5.91 Å². The first-order chi connectivity index (χ1) is 10.5. The first-order valence-corrected chi connectivity index (χ1v) is 8.25. The minimum atomic E-state index is -0.133. The van der Waals surface area contributed by atoms with Gasteiger partial charge in [-0.2, -0.15) is 0 Å². The molecule has 0 aliphatic heterocycles. The average Bonchev–Trinajstić information content (AvgIpc) is 2.48. The summed E-state index contributed by atoms with van der Waals surface area (Å²) in [6.45, 7) is 3.78. The number of nitrogens with one attached hydrogen (secondary N) is 1. The number of rotatable bonds is 5. The van der Waals surface area contributed by atoms with Crippen molar-refractivity contribution < 1.29 is 4.79 Å². The molecule has 3 nitrogen and oxygen atoms in total. The molecule has 0 saturated carbocycles. The Bertz CT molecular complexity index is 701. The molecule has 0 heterocycles. The monoisotopic (exact) mass is 376 g/mol. The zero-order chi connectivity index (χ0) is 16.1. The van der Waals surface area contributed by atoms with Gasteiger partial charge in [0.15, 0.2) is 0 Å². The van der Waals surface area contributed by atoms with Crippen LogP contribution >= 0.6 is 27.9 Å². The van der Waals surface area contributed by atoms with E-state index < -0.39 is 0 Å². The summed E-state index contributed by atoms with van der Waals surface area (Å²) in [4.78, 5) is 13.5. The van der Waals surface area contributed by atoms with Crippen molar-refractivity contribution in [2.24, 2.45) is 0 Å². The molecule has 0 saturated heterocycles. The van der Waals surface area contributed by atoms with Crippen LogP contribution in [0.25, 0.3) is 6.08 Å². The highest BCUT2D eigenvalue weighted by atomic mass is 79.9. The smallest absolute Gasteiger partial charge is 0.255 e. The van der Waals surface area contributed by atoms with Gasteiger partial charge in [0, 0.05) is 20.6 Å². The molecule has 0 aliphatic rings. The van der Waals surface area contributed by atoms with Gasteiger partial charge in [-0.25, -0.2) is 0 Å². The lowest BCUT2D eigenvalue weighted by Gasteiger charge is -2.11. The number of halogens is 1. The molecule has 0 fully saturated rings. The minimum Gasteiger partial charge on any atom is -0.321 e. The molecular weight excluding hydrogens is 360 g/mol. The number of amides is 1. The van der Waals surface area contributed by atoms with E-state index in [1.54, 1.807) is 18.0 Å². The highest BCUT2D eigenvalue weighted by Gasteiger charge is 2.09. The molecule has 0 spiro atoms. The second-order valence-electron chi connectivity index (χ2n) is 4.82. The molecule has 2 aromatic rings. The third-order valence-corrected chi connectivity index (χ3v) is 4.19. The van der Waals surface area contributed by atoms with Crippen molar-refractivity contribution in [3.05, 3.63) is 64.6 Å². The number of carbonyl (C=O) groups is 1. The fourth-order valence-corrected chi connectivity index (χ4v) is 3.04. The van der Waals surface area contributed by atoms with Gasteiger partial charge >= 0.3 is 0 Å². The Morgan fingerprint density at radius 2 is 2.05 bits per heavy atom. The van der Waals surface area contributed by atoms with Crippen molar-refractivity contribution in [1.29, 1.82) is 0 Å². The zero-order valence-electron chi connectivity index (χ0n) is 12.5. The van der Waals surface area contributed by atoms with E-state index in [1.807, 2.05) is 60.9 Å². The normalized spacial score (nSPS) is 10.5. The molecule has 5 heteroatoms. The second kappa shape index (κ2) is 7.63. The Kier molecular flexibility index (Phi) is 5.83. The van der Waals surface area contributed by atoms with E-state index >= 15 is 0 Å². The van der Waals surface area contributed by atoms with E-state index in [4.69, 9.17) is 0 Å². The molecule has 0 atom stereocenters. The molecule has 0 unspecified atom stereocenters. The fourth-order valence-electron chi connectivity index (χ4n) is 1.92. The predicted molar refractivity (Wildman–Crippen MR) is 98.2 cm³/mol. The Morgan fingerprint density at radius 1 is 1.27 bits per heavy atom. The van der Waals surface area contributed by atoms with E-state index in [0.29, 0.717) is 5.56 Å². The van der Waals surface area contributed by atoms with Gasteiger partial charge in [-0.05, 0) is 68.0 Å². The van der Waals surface area contributed by atoms with Crippen LogP contribution in [0.15, 0.2) is 58.4 Å². The first kappa shape index (κ1) is 16.8. The Morgan fingerprint density at radius 3 is 2.73 bits per heavy atom. The van der Waals surface area contributed by atoms with Gasteiger partial charge in [-0.1, -0.05) is 34.7 Å². The Labute approximate surface area is 143 Å². The highest BCUT2D eigenvalue weighted by molar-refractivity contribution is 9.10. The summed E-state index contributed by atoms with van der Waals surface area (Å²) in [5.41, 5.74) is 2.25. The number of benzene rings is 2. The van der Waals surface area contributed by atoms with Gasteiger partial charge in [-0.3, -0.25) is 9.10 Å². The largest absolute Gasteiger partial charge is 0.321 e. The molecule has 0 bridgehead atoms. The van der Waals surface area contributed by atoms with Crippen molar-refractivity contribution >= 4 is 45.5 Å². The van der Waals surface area contributed by atoms with E-state index in [-0.39, 0.29) is 5.91 Å². The summed E-state index contributed by atoms with van der Waals surface area (Å²) >= 11 is 4.99. The summed E-state index contributed by atoms with van der Waals surface area (Å²) in [6, 6.07) is 13.2. The number of hydrogen-bond acceptors (Lipinski definition) is 3. The van der Waals surface area contributed by atoms with Crippen LogP contribution in [0.2, 0.25) is 0 Å². The van der Waals surface area contributed by atoms with Crippen molar-refractivity contribution in [3.63, 3.8) is 0 Å². The molecule has 1 N–H and O–H groups in total. The summed E-state index contributed by atoms with van der Waals surface area (Å²) < 4.78 is 2.94. The Balaban J connectivity index is 2.20. The molecule has 0 aromatic heterocycles. The van der Waals surface area contributed by atoms with Gasteiger partial charge in [-0.15, -0.1) is 0 Å². The average molecular weight is 377 g/mol. The first-order valence-electron chi connectivity index (χ1n) is 6.68. The molecule has 114 valence electrons. The van der Waals surface area contributed by atoms with Crippen LogP contribution in [0.5, 0.6) is 0 Å². The van der Waals surface area contributed by atoms with Crippen molar-refractivity contribution in [2.75, 3.05) is 19.4 Å². The number of nitrogens with zero attached hydrogens (tertiary/aromatic N) is 1. The summed E-state index contributed by atoms with van der Waals surface area (Å²) in [5.74, 6) is -0.133. The van der Waals surface area contributed by atoms with Crippen molar-refractivity contribution in [2.45, 2.75) is 4.90 Å².